The molecule has 0 aliphatic heterocycles. The number of aliphatic hydroxyl groups is 2. The predicted molar refractivity (Wildman–Crippen MR) is 90.7 cm³/mol. The third kappa shape index (κ3) is 5.18. The molecule has 6 heteroatoms. The Hall–Kier alpha value is -1.14. The van der Waals surface area contributed by atoms with Gasteiger partial charge in [0.25, 0.3) is 0 Å². The van der Waals surface area contributed by atoms with Crippen molar-refractivity contribution in [2.24, 2.45) is 22.9 Å². The molecule has 2 aliphatic rings. The lowest BCUT2D eigenvalue weighted by Gasteiger charge is -2.33. The van der Waals surface area contributed by atoms with Crippen molar-refractivity contribution in [2.45, 2.75) is 76.9 Å². The summed E-state index contributed by atoms with van der Waals surface area (Å²) in [6.07, 6.45) is 6.89. The van der Waals surface area contributed by atoms with Crippen LogP contribution in [0.1, 0.15) is 64.7 Å². The number of hydrogen-bond donors (Lipinski definition) is 3. The lowest BCUT2D eigenvalue weighted by atomic mass is 9.73. The highest BCUT2D eigenvalue weighted by molar-refractivity contribution is 5.93. The molecule has 5 unspecified atom stereocenters. The Morgan fingerprint density at radius 2 is 2.17 bits per heavy atom. The summed E-state index contributed by atoms with van der Waals surface area (Å²) in [5.41, 5.74) is 0.954. The summed E-state index contributed by atoms with van der Waals surface area (Å²) in [5, 5.41) is 33.1. The largest absolute Gasteiger partial charge is 0.481 e. The van der Waals surface area contributed by atoms with Crippen LogP contribution in [0.4, 0.5) is 0 Å². The highest BCUT2D eigenvalue weighted by Gasteiger charge is 2.51. The van der Waals surface area contributed by atoms with E-state index in [1.165, 1.54) is 0 Å². The van der Waals surface area contributed by atoms with Crippen LogP contribution in [0.15, 0.2) is 5.16 Å². The molecule has 2 aliphatic carbocycles. The van der Waals surface area contributed by atoms with Crippen LogP contribution in [-0.4, -0.2) is 45.8 Å². The van der Waals surface area contributed by atoms with E-state index in [9.17, 15) is 15.0 Å². The molecule has 6 nitrogen and oxygen atoms in total. The number of aliphatic carboxylic acids is 1. The van der Waals surface area contributed by atoms with Crippen molar-refractivity contribution >= 4 is 11.7 Å². The Morgan fingerprint density at radius 3 is 2.88 bits per heavy atom. The zero-order valence-corrected chi connectivity index (χ0v) is 14.6. The molecule has 138 valence electrons. The SMILES string of the molecule is CCCCCC(O)CCC1CC2C(=NOCCC(=O)O)CC2C1O. The first-order valence-electron chi connectivity index (χ1n) is 9.29. The number of carbonyl (C=O) groups is 1. The van der Waals surface area contributed by atoms with Gasteiger partial charge in [-0.1, -0.05) is 31.3 Å². The summed E-state index contributed by atoms with van der Waals surface area (Å²) >= 11 is 0. The van der Waals surface area contributed by atoms with Crippen LogP contribution in [0.3, 0.4) is 0 Å². The van der Waals surface area contributed by atoms with Gasteiger partial charge in [0, 0.05) is 5.92 Å². The number of rotatable bonds is 11. The number of carboxylic acids is 1. The lowest BCUT2D eigenvalue weighted by molar-refractivity contribution is -0.138. The van der Waals surface area contributed by atoms with E-state index in [1.54, 1.807) is 0 Å². The molecule has 0 bridgehead atoms. The maximum atomic E-state index is 10.4. The number of nitrogens with zero attached hydrogens (tertiary/aromatic N) is 1. The van der Waals surface area contributed by atoms with Crippen molar-refractivity contribution in [3.05, 3.63) is 0 Å². The van der Waals surface area contributed by atoms with Crippen LogP contribution in [0.2, 0.25) is 0 Å². The standard InChI is InChI=1S/C18H31NO5/c1-2-3-4-5-13(20)7-6-12-10-14-15(18(12)23)11-16(14)19-24-9-8-17(21)22/h12-15,18,20,23H,2-11H2,1H3,(H,21,22). The molecule has 2 saturated carbocycles. The number of hydrogen-bond acceptors (Lipinski definition) is 5. The average Bonchev–Trinajstić information content (AvgIpc) is 2.76. The first kappa shape index (κ1) is 19.2. The number of unbranched alkanes of at least 4 members (excludes halogenated alkanes) is 2. The van der Waals surface area contributed by atoms with Crippen LogP contribution >= 0.6 is 0 Å². The highest BCUT2D eigenvalue weighted by atomic mass is 16.6. The topological polar surface area (TPSA) is 99.4 Å². The fourth-order valence-corrected chi connectivity index (χ4v) is 3.94. The Labute approximate surface area is 143 Å². The van der Waals surface area contributed by atoms with Gasteiger partial charge >= 0.3 is 5.97 Å². The maximum absolute atomic E-state index is 10.4. The first-order chi connectivity index (χ1) is 11.5. The van der Waals surface area contributed by atoms with Gasteiger partial charge in [0.2, 0.25) is 0 Å². The first-order valence-corrected chi connectivity index (χ1v) is 9.29. The van der Waals surface area contributed by atoms with Crippen LogP contribution < -0.4 is 0 Å². The summed E-state index contributed by atoms with van der Waals surface area (Å²) in [4.78, 5) is 15.5. The summed E-state index contributed by atoms with van der Waals surface area (Å²) in [5.74, 6) is -0.135. The molecule has 2 rings (SSSR count). The maximum Gasteiger partial charge on any atom is 0.306 e. The van der Waals surface area contributed by atoms with E-state index in [0.717, 1.165) is 57.1 Å². The van der Waals surface area contributed by atoms with Gasteiger partial charge < -0.3 is 20.2 Å². The minimum Gasteiger partial charge on any atom is -0.481 e. The van der Waals surface area contributed by atoms with Crippen molar-refractivity contribution in [3.8, 4) is 0 Å². The molecule has 0 heterocycles. The van der Waals surface area contributed by atoms with E-state index in [4.69, 9.17) is 9.94 Å². The second-order valence-electron chi connectivity index (χ2n) is 7.25. The minimum atomic E-state index is -0.893. The van der Waals surface area contributed by atoms with Gasteiger partial charge in [0.05, 0.1) is 24.3 Å². The third-order valence-corrected chi connectivity index (χ3v) is 5.47. The molecule has 3 N–H and O–H groups in total. The minimum absolute atomic E-state index is 0.0496. The molecule has 0 spiro atoms. The van der Waals surface area contributed by atoms with Gasteiger partial charge in [-0.05, 0) is 43.9 Å². The van der Waals surface area contributed by atoms with Crippen molar-refractivity contribution in [2.75, 3.05) is 6.61 Å². The average molecular weight is 341 g/mol. The van der Waals surface area contributed by atoms with Gasteiger partial charge in [-0.15, -0.1) is 0 Å². The van der Waals surface area contributed by atoms with Gasteiger partial charge in [0.1, 0.15) is 6.61 Å². The zero-order valence-electron chi connectivity index (χ0n) is 14.6. The molecule has 24 heavy (non-hydrogen) atoms. The van der Waals surface area contributed by atoms with E-state index in [1.807, 2.05) is 0 Å². The van der Waals surface area contributed by atoms with E-state index < -0.39 is 5.97 Å². The van der Waals surface area contributed by atoms with Gasteiger partial charge in [-0.25, -0.2) is 0 Å². The molecule has 0 aromatic carbocycles. The van der Waals surface area contributed by atoms with E-state index >= 15 is 0 Å². The van der Waals surface area contributed by atoms with Crippen molar-refractivity contribution in [1.82, 2.24) is 0 Å². The number of aliphatic hydroxyl groups excluding tert-OH is 2. The Morgan fingerprint density at radius 1 is 1.38 bits per heavy atom. The zero-order chi connectivity index (χ0) is 17.5. The van der Waals surface area contributed by atoms with Crippen molar-refractivity contribution < 1.29 is 25.0 Å². The molecule has 5 atom stereocenters. The van der Waals surface area contributed by atoms with E-state index in [-0.39, 0.29) is 43.0 Å². The van der Waals surface area contributed by atoms with Crippen molar-refractivity contribution in [1.29, 1.82) is 0 Å². The molecule has 0 saturated heterocycles. The van der Waals surface area contributed by atoms with Crippen molar-refractivity contribution in [3.63, 3.8) is 0 Å². The Balaban J connectivity index is 1.69. The van der Waals surface area contributed by atoms with Crippen LogP contribution in [0.25, 0.3) is 0 Å². The summed E-state index contributed by atoms with van der Waals surface area (Å²) in [6.45, 7) is 2.24. The van der Waals surface area contributed by atoms with E-state index in [2.05, 4.69) is 12.1 Å². The Kier molecular flexibility index (Phi) is 7.49. The number of oxime groups is 1. The second kappa shape index (κ2) is 9.37. The number of carboxylic acid groups (broad SMARTS) is 1. The molecule has 0 amide bonds. The molecule has 0 aromatic rings. The smallest absolute Gasteiger partial charge is 0.306 e. The summed E-state index contributed by atoms with van der Waals surface area (Å²) < 4.78 is 0. The quantitative estimate of drug-likeness (QED) is 0.396. The Bertz CT molecular complexity index is 439. The molecule has 0 aromatic heterocycles. The molecule has 0 radical (unpaired) electrons. The molecule has 2 fully saturated rings. The normalized spacial score (nSPS) is 31.5. The third-order valence-electron chi connectivity index (χ3n) is 5.47. The predicted octanol–water partition coefficient (Wildman–Crippen LogP) is 2.57. The van der Waals surface area contributed by atoms with Crippen LogP contribution in [0, 0.1) is 17.8 Å². The van der Waals surface area contributed by atoms with Crippen LogP contribution in [-0.2, 0) is 9.63 Å². The monoisotopic (exact) mass is 341 g/mol. The second-order valence-corrected chi connectivity index (χ2v) is 7.25. The lowest BCUT2D eigenvalue weighted by Crippen LogP contribution is -2.38. The van der Waals surface area contributed by atoms with Gasteiger partial charge in [0.15, 0.2) is 0 Å². The highest BCUT2D eigenvalue weighted by Crippen LogP contribution is 2.49. The summed E-state index contributed by atoms with van der Waals surface area (Å²) in [6, 6.07) is 0. The molecular weight excluding hydrogens is 310 g/mol. The van der Waals surface area contributed by atoms with Gasteiger partial charge in [-0.2, -0.15) is 0 Å². The fraction of sp³-hybridized carbons (Fsp3) is 0.889. The molecular formula is C18H31NO5. The van der Waals surface area contributed by atoms with E-state index in [0.29, 0.717) is 0 Å². The van der Waals surface area contributed by atoms with Crippen LogP contribution in [0.5, 0.6) is 0 Å². The fourth-order valence-electron chi connectivity index (χ4n) is 3.94. The summed E-state index contributed by atoms with van der Waals surface area (Å²) in [7, 11) is 0. The van der Waals surface area contributed by atoms with Gasteiger partial charge in [-0.3, -0.25) is 4.79 Å². The number of fused-ring (bicyclic) bond motifs is 1.